The normalized spacial score (nSPS) is 11.2. The Morgan fingerprint density at radius 2 is 1.60 bits per heavy atom. The van der Waals surface area contributed by atoms with Crippen molar-refractivity contribution < 1.29 is 8.78 Å². The number of nitrogen functional groups attached to an aromatic ring is 1. The molecule has 2 rings (SSSR count). The van der Waals surface area contributed by atoms with E-state index in [0.29, 0.717) is 12.0 Å². The highest BCUT2D eigenvalue weighted by Gasteiger charge is 2.23. The maximum Gasteiger partial charge on any atom is 0.265 e. The molecule has 2 heterocycles. The van der Waals surface area contributed by atoms with Crippen LogP contribution in [-0.2, 0) is 6.42 Å². The Hall–Kier alpha value is -2.18. The summed E-state index contributed by atoms with van der Waals surface area (Å²) in [6.45, 7) is 2.18. The van der Waals surface area contributed by atoms with Gasteiger partial charge in [0.25, 0.3) is 6.43 Å². The van der Waals surface area contributed by atoms with E-state index in [1.54, 1.807) is 0 Å². The Morgan fingerprint density at radius 1 is 0.960 bits per heavy atom. The predicted molar refractivity (Wildman–Crippen MR) is 94.1 cm³/mol. The molecule has 7 heteroatoms. The van der Waals surface area contributed by atoms with Crippen LogP contribution in [0.1, 0.15) is 69.4 Å². The second-order valence-electron chi connectivity index (χ2n) is 6.09. The Balaban J connectivity index is 2.11. The van der Waals surface area contributed by atoms with Crippen LogP contribution in [0.3, 0.4) is 0 Å². The molecule has 0 unspecified atom stereocenters. The smallest absolute Gasteiger partial charge is 0.265 e. The molecule has 0 spiro atoms. The van der Waals surface area contributed by atoms with Crippen LogP contribution in [0.25, 0.3) is 11.4 Å². The largest absolute Gasteiger partial charge is 0.383 e. The summed E-state index contributed by atoms with van der Waals surface area (Å²) in [6.07, 6.45) is 9.81. The van der Waals surface area contributed by atoms with Crippen molar-refractivity contribution in [3.05, 3.63) is 30.0 Å². The van der Waals surface area contributed by atoms with E-state index in [0.717, 1.165) is 19.3 Å². The summed E-state index contributed by atoms with van der Waals surface area (Å²) < 4.78 is 27.4. The summed E-state index contributed by atoms with van der Waals surface area (Å²) in [5.41, 5.74) is 6.38. The van der Waals surface area contributed by atoms with Crippen molar-refractivity contribution >= 4 is 5.82 Å². The molecule has 0 saturated carbocycles. The number of unbranched alkanes of at least 4 members (excludes halogenated alkanes) is 6. The molecule has 0 saturated heterocycles. The van der Waals surface area contributed by atoms with Gasteiger partial charge in [-0.2, -0.15) is 0 Å². The monoisotopic (exact) mass is 349 g/mol. The Bertz CT molecular complexity index is 649. The summed E-state index contributed by atoms with van der Waals surface area (Å²) >= 11 is 0. The number of anilines is 1. The van der Waals surface area contributed by atoms with E-state index in [-0.39, 0.29) is 22.8 Å². The van der Waals surface area contributed by atoms with Crippen molar-refractivity contribution in [1.29, 1.82) is 0 Å². The van der Waals surface area contributed by atoms with E-state index < -0.39 is 6.43 Å². The number of pyridine rings is 1. The lowest BCUT2D eigenvalue weighted by atomic mass is 9.98. The van der Waals surface area contributed by atoms with Gasteiger partial charge in [-0.15, -0.1) is 0 Å². The first-order valence-electron chi connectivity index (χ1n) is 8.82. The molecule has 2 aromatic rings. The zero-order valence-electron chi connectivity index (χ0n) is 14.6. The molecule has 0 aliphatic carbocycles. The van der Waals surface area contributed by atoms with Gasteiger partial charge in [0.15, 0.2) is 5.82 Å². The molecule has 0 radical (unpaired) electrons. The lowest BCUT2D eigenvalue weighted by Crippen LogP contribution is -2.07. The minimum Gasteiger partial charge on any atom is -0.383 e. The number of aryl methyl sites for hydroxylation is 1. The summed E-state index contributed by atoms with van der Waals surface area (Å²) in [7, 11) is 0. The van der Waals surface area contributed by atoms with Crippen LogP contribution >= 0.6 is 0 Å². The molecule has 0 fully saturated rings. The van der Waals surface area contributed by atoms with E-state index in [1.165, 1.54) is 44.5 Å². The quantitative estimate of drug-likeness (QED) is 0.627. The zero-order chi connectivity index (χ0) is 18.1. The van der Waals surface area contributed by atoms with Gasteiger partial charge in [0.1, 0.15) is 18.5 Å². The highest BCUT2D eigenvalue weighted by molar-refractivity contribution is 5.73. The standard InChI is InChI=1S/C18H25F2N5/c1-2-3-4-5-6-7-8-9-13-10-23-17(21)15(14(13)16(19)20)18-24-11-22-12-25-18/h10-12,16H,2-9H2,1H3,(H2,21,23). The molecule has 2 aromatic heterocycles. The minimum atomic E-state index is -2.66. The van der Waals surface area contributed by atoms with Gasteiger partial charge in [-0.1, -0.05) is 45.4 Å². The summed E-state index contributed by atoms with van der Waals surface area (Å²) in [6, 6.07) is 0. The van der Waals surface area contributed by atoms with Crippen molar-refractivity contribution in [1.82, 2.24) is 19.9 Å². The average Bonchev–Trinajstić information content (AvgIpc) is 2.62. The number of rotatable bonds is 10. The van der Waals surface area contributed by atoms with Crippen LogP contribution in [-0.4, -0.2) is 19.9 Å². The van der Waals surface area contributed by atoms with Crippen molar-refractivity contribution in [3.8, 4) is 11.4 Å². The van der Waals surface area contributed by atoms with Crippen molar-refractivity contribution in [2.75, 3.05) is 5.73 Å². The van der Waals surface area contributed by atoms with E-state index in [1.807, 2.05) is 0 Å². The molecule has 5 nitrogen and oxygen atoms in total. The number of halogens is 2. The van der Waals surface area contributed by atoms with Crippen LogP contribution in [0.5, 0.6) is 0 Å². The SMILES string of the molecule is CCCCCCCCCc1cnc(N)c(-c2ncncn2)c1C(F)F. The van der Waals surface area contributed by atoms with Gasteiger partial charge in [0.05, 0.1) is 5.56 Å². The fourth-order valence-electron chi connectivity index (χ4n) is 2.90. The van der Waals surface area contributed by atoms with Crippen LogP contribution in [0.15, 0.2) is 18.9 Å². The van der Waals surface area contributed by atoms with Crippen molar-refractivity contribution in [2.45, 2.75) is 64.7 Å². The molecule has 0 bridgehead atoms. The van der Waals surface area contributed by atoms with Gasteiger partial charge in [-0.25, -0.2) is 28.7 Å². The first kappa shape index (κ1) is 19.1. The van der Waals surface area contributed by atoms with Gasteiger partial charge in [0.2, 0.25) is 0 Å². The first-order valence-corrected chi connectivity index (χ1v) is 8.82. The molecular formula is C18H25F2N5. The molecule has 25 heavy (non-hydrogen) atoms. The number of nitrogens with two attached hydrogens (primary N) is 1. The van der Waals surface area contributed by atoms with Gasteiger partial charge in [0, 0.05) is 11.8 Å². The third-order valence-corrected chi connectivity index (χ3v) is 4.22. The Labute approximate surface area is 147 Å². The third kappa shape index (κ3) is 5.41. The third-order valence-electron chi connectivity index (χ3n) is 4.22. The molecule has 0 atom stereocenters. The number of hydrogen-bond donors (Lipinski definition) is 1. The minimum absolute atomic E-state index is 0.0183. The van der Waals surface area contributed by atoms with Crippen molar-refractivity contribution in [2.24, 2.45) is 0 Å². The fourth-order valence-corrected chi connectivity index (χ4v) is 2.90. The van der Waals surface area contributed by atoms with Crippen molar-refractivity contribution in [3.63, 3.8) is 0 Å². The maximum atomic E-state index is 13.7. The number of alkyl halides is 2. The number of hydrogen-bond acceptors (Lipinski definition) is 5. The molecule has 2 N–H and O–H groups in total. The van der Waals surface area contributed by atoms with Crippen LogP contribution < -0.4 is 5.73 Å². The van der Waals surface area contributed by atoms with Crippen LogP contribution in [0, 0.1) is 0 Å². The van der Waals surface area contributed by atoms with Gasteiger partial charge < -0.3 is 5.73 Å². The lowest BCUT2D eigenvalue weighted by molar-refractivity contribution is 0.150. The Kier molecular flexibility index (Phi) is 7.63. The first-order chi connectivity index (χ1) is 12.1. The topological polar surface area (TPSA) is 77.6 Å². The predicted octanol–water partition coefficient (Wildman–Crippen LogP) is 4.75. The Morgan fingerprint density at radius 3 is 2.24 bits per heavy atom. The second kappa shape index (κ2) is 9.96. The average molecular weight is 349 g/mol. The van der Waals surface area contributed by atoms with E-state index in [2.05, 4.69) is 26.9 Å². The van der Waals surface area contributed by atoms with Crippen LogP contribution in [0.2, 0.25) is 0 Å². The van der Waals surface area contributed by atoms with Gasteiger partial charge in [-0.3, -0.25) is 0 Å². The lowest BCUT2D eigenvalue weighted by Gasteiger charge is -2.14. The molecule has 0 aliphatic rings. The number of nitrogens with zero attached hydrogens (tertiary/aromatic N) is 4. The van der Waals surface area contributed by atoms with E-state index in [9.17, 15) is 8.78 Å². The summed E-state index contributed by atoms with van der Waals surface area (Å²) in [5, 5.41) is 0. The highest BCUT2D eigenvalue weighted by atomic mass is 19.3. The van der Waals surface area contributed by atoms with Gasteiger partial charge in [-0.05, 0) is 18.4 Å². The van der Waals surface area contributed by atoms with E-state index >= 15 is 0 Å². The van der Waals surface area contributed by atoms with Gasteiger partial charge >= 0.3 is 0 Å². The summed E-state index contributed by atoms with van der Waals surface area (Å²) in [4.78, 5) is 15.7. The summed E-state index contributed by atoms with van der Waals surface area (Å²) in [5.74, 6) is 0.154. The molecule has 136 valence electrons. The maximum absolute atomic E-state index is 13.7. The number of aromatic nitrogens is 4. The zero-order valence-corrected chi connectivity index (χ0v) is 14.6. The second-order valence-corrected chi connectivity index (χ2v) is 6.09. The molecule has 0 aliphatic heterocycles. The van der Waals surface area contributed by atoms with Crippen LogP contribution in [0.4, 0.5) is 14.6 Å². The van der Waals surface area contributed by atoms with E-state index in [4.69, 9.17) is 5.73 Å². The fraction of sp³-hybridized carbons (Fsp3) is 0.556. The highest BCUT2D eigenvalue weighted by Crippen LogP contribution is 2.35. The molecular weight excluding hydrogens is 324 g/mol. The molecule has 0 aromatic carbocycles. The molecule has 0 amide bonds.